The van der Waals surface area contributed by atoms with Gasteiger partial charge in [0.05, 0.1) is 16.2 Å². The first-order chi connectivity index (χ1) is 11.2. The van der Waals surface area contributed by atoms with E-state index in [0.29, 0.717) is 29.0 Å². The number of ether oxygens (including phenoxy) is 1. The maximum atomic E-state index is 6.15. The summed E-state index contributed by atoms with van der Waals surface area (Å²) in [7, 11) is 0. The molecule has 1 N–H and O–H groups in total. The van der Waals surface area contributed by atoms with Gasteiger partial charge in [0.25, 0.3) is 0 Å². The fourth-order valence-corrected chi connectivity index (χ4v) is 2.75. The van der Waals surface area contributed by atoms with E-state index in [2.05, 4.69) is 20.5 Å². The van der Waals surface area contributed by atoms with Crippen molar-refractivity contribution in [2.45, 2.75) is 6.92 Å². The van der Waals surface area contributed by atoms with Crippen LogP contribution in [-0.4, -0.2) is 22.8 Å². The molecule has 6 heteroatoms. The first-order valence-electron chi connectivity index (χ1n) is 7.21. The Hall–Kier alpha value is -2.66. The van der Waals surface area contributed by atoms with Crippen molar-refractivity contribution in [1.29, 1.82) is 0 Å². The SMILES string of the molecule is Cc1cccc2c3c(nnc12)C(Oc1ccccc1Cl)=NCN3. The van der Waals surface area contributed by atoms with Crippen LogP contribution in [0, 0.1) is 6.92 Å². The molecule has 5 nitrogen and oxygen atoms in total. The van der Waals surface area contributed by atoms with Crippen LogP contribution in [0.15, 0.2) is 47.5 Å². The highest BCUT2D eigenvalue weighted by Gasteiger charge is 2.22. The average Bonchev–Trinajstić information content (AvgIpc) is 2.57. The minimum Gasteiger partial charge on any atom is -0.436 e. The molecule has 1 aromatic heterocycles. The van der Waals surface area contributed by atoms with E-state index in [0.717, 1.165) is 22.2 Å². The molecule has 0 saturated carbocycles. The zero-order chi connectivity index (χ0) is 15.8. The second-order valence-corrected chi connectivity index (χ2v) is 5.63. The van der Waals surface area contributed by atoms with Crippen molar-refractivity contribution in [2.24, 2.45) is 4.99 Å². The third-order valence-corrected chi connectivity index (χ3v) is 4.03. The number of aliphatic imine (C=N–C) groups is 1. The van der Waals surface area contributed by atoms with E-state index in [1.807, 2.05) is 37.3 Å². The smallest absolute Gasteiger partial charge is 0.246 e. The Morgan fingerprint density at radius 2 is 1.96 bits per heavy atom. The van der Waals surface area contributed by atoms with E-state index < -0.39 is 0 Å². The van der Waals surface area contributed by atoms with Crippen LogP contribution in [-0.2, 0) is 0 Å². The first kappa shape index (κ1) is 14.0. The largest absolute Gasteiger partial charge is 0.436 e. The minimum atomic E-state index is 0.418. The maximum Gasteiger partial charge on any atom is 0.246 e. The second kappa shape index (κ2) is 5.52. The molecule has 0 amide bonds. The average molecular weight is 325 g/mol. The minimum absolute atomic E-state index is 0.418. The summed E-state index contributed by atoms with van der Waals surface area (Å²) in [5, 5.41) is 13.4. The third-order valence-electron chi connectivity index (χ3n) is 3.72. The zero-order valence-electron chi connectivity index (χ0n) is 12.4. The number of halogens is 1. The third kappa shape index (κ3) is 2.39. The summed E-state index contributed by atoms with van der Waals surface area (Å²) in [4.78, 5) is 4.36. The number of anilines is 1. The van der Waals surface area contributed by atoms with Gasteiger partial charge in [-0.1, -0.05) is 41.9 Å². The molecule has 114 valence electrons. The molecule has 0 aliphatic carbocycles. The summed E-state index contributed by atoms with van der Waals surface area (Å²) < 4.78 is 5.87. The molecule has 0 unspecified atom stereocenters. The van der Waals surface area contributed by atoms with Gasteiger partial charge in [0.15, 0.2) is 5.69 Å². The fraction of sp³-hybridized carbons (Fsp3) is 0.118. The predicted molar refractivity (Wildman–Crippen MR) is 91.4 cm³/mol. The quantitative estimate of drug-likeness (QED) is 0.739. The van der Waals surface area contributed by atoms with Gasteiger partial charge in [0, 0.05) is 5.39 Å². The molecule has 2 aromatic carbocycles. The lowest BCUT2D eigenvalue weighted by molar-refractivity contribution is 0.544. The van der Waals surface area contributed by atoms with E-state index in [1.54, 1.807) is 12.1 Å². The molecule has 2 heterocycles. The number of para-hydroxylation sites is 1. The second-order valence-electron chi connectivity index (χ2n) is 5.23. The van der Waals surface area contributed by atoms with E-state index in [9.17, 15) is 0 Å². The molecule has 3 aromatic rings. The molecule has 0 radical (unpaired) electrons. The molecule has 0 saturated heterocycles. The monoisotopic (exact) mass is 324 g/mol. The number of nitrogens with one attached hydrogen (secondary N) is 1. The number of fused-ring (bicyclic) bond motifs is 3. The highest BCUT2D eigenvalue weighted by molar-refractivity contribution is 6.32. The molecule has 1 aliphatic heterocycles. The highest BCUT2D eigenvalue weighted by atomic mass is 35.5. The van der Waals surface area contributed by atoms with Crippen LogP contribution in [0.5, 0.6) is 5.75 Å². The Morgan fingerprint density at radius 1 is 1.09 bits per heavy atom. The Kier molecular flexibility index (Phi) is 3.35. The van der Waals surface area contributed by atoms with Gasteiger partial charge in [0.2, 0.25) is 5.90 Å². The molecular weight excluding hydrogens is 312 g/mol. The summed E-state index contributed by atoms with van der Waals surface area (Å²) in [6.07, 6.45) is 0. The number of nitrogens with zero attached hydrogens (tertiary/aromatic N) is 3. The van der Waals surface area contributed by atoms with Crippen LogP contribution in [0.3, 0.4) is 0 Å². The summed E-state index contributed by atoms with van der Waals surface area (Å²) in [6, 6.07) is 13.3. The van der Waals surface area contributed by atoms with E-state index in [-0.39, 0.29) is 0 Å². The van der Waals surface area contributed by atoms with Crippen LogP contribution in [0.25, 0.3) is 10.9 Å². The van der Waals surface area contributed by atoms with Crippen molar-refractivity contribution >= 4 is 34.1 Å². The van der Waals surface area contributed by atoms with Gasteiger partial charge in [-0.2, -0.15) is 0 Å². The van der Waals surface area contributed by atoms with Crippen LogP contribution >= 0.6 is 11.6 Å². The van der Waals surface area contributed by atoms with Crippen LogP contribution < -0.4 is 10.1 Å². The number of benzene rings is 2. The standard InChI is InChI=1S/C17H13ClN4O/c1-10-5-4-6-11-14(10)21-22-16-15(11)19-9-20-17(16)23-13-8-3-2-7-12(13)18/h2-8,19H,9H2,1H3. The van der Waals surface area contributed by atoms with Crippen molar-refractivity contribution in [3.63, 3.8) is 0 Å². The van der Waals surface area contributed by atoms with Gasteiger partial charge >= 0.3 is 0 Å². The van der Waals surface area contributed by atoms with Crippen molar-refractivity contribution in [2.75, 3.05) is 12.0 Å². The Morgan fingerprint density at radius 3 is 2.83 bits per heavy atom. The lowest BCUT2D eigenvalue weighted by Crippen LogP contribution is -2.23. The lowest BCUT2D eigenvalue weighted by atomic mass is 10.1. The van der Waals surface area contributed by atoms with Crippen molar-refractivity contribution < 1.29 is 4.74 Å². The zero-order valence-corrected chi connectivity index (χ0v) is 13.1. The Labute approximate surface area is 138 Å². The summed E-state index contributed by atoms with van der Waals surface area (Å²) >= 11 is 6.15. The summed E-state index contributed by atoms with van der Waals surface area (Å²) in [6.45, 7) is 2.43. The van der Waals surface area contributed by atoms with Crippen molar-refractivity contribution in [3.05, 3.63) is 58.7 Å². The number of hydrogen-bond acceptors (Lipinski definition) is 5. The van der Waals surface area contributed by atoms with E-state index in [4.69, 9.17) is 16.3 Å². The molecule has 0 spiro atoms. The molecule has 0 bridgehead atoms. The molecule has 4 rings (SSSR count). The Bertz CT molecular complexity index is 939. The molecular formula is C17H13ClN4O. The van der Waals surface area contributed by atoms with Gasteiger partial charge in [-0.05, 0) is 24.6 Å². The lowest BCUT2D eigenvalue weighted by Gasteiger charge is -2.19. The maximum absolute atomic E-state index is 6.15. The topological polar surface area (TPSA) is 59.4 Å². The molecule has 23 heavy (non-hydrogen) atoms. The number of rotatable bonds is 1. The highest BCUT2D eigenvalue weighted by Crippen LogP contribution is 2.30. The Balaban J connectivity index is 1.82. The van der Waals surface area contributed by atoms with E-state index >= 15 is 0 Å². The summed E-state index contributed by atoms with van der Waals surface area (Å²) in [5.74, 6) is 0.967. The van der Waals surface area contributed by atoms with Crippen LogP contribution in [0.2, 0.25) is 5.02 Å². The first-order valence-corrected chi connectivity index (χ1v) is 7.59. The number of aromatic nitrogens is 2. The molecule has 0 fully saturated rings. The van der Waals surface area contributed by atoms with Gasteiger partial charge in [-0.3, -0.25) is 0 Å². The fourth-order valence-electron chi connectivity index (χ4n) is 2.58. The molecule has 1 aliphatic rings. The van der Waals surface area contributed by atoms with Crippen molar-refractivity contribution in [1.82, 2.24) is 10.2 Å². The summed E-state index contributed by atoms with van der Waals surface area (Å²) in [5.41, 5.74) is 3.43. The van der Waals surface area contributed by atoms with Crippen LogP contribution in [0.4, 0.5) is 5.69 Å². The normalized spacial score (nSPS) is 13.2. The van der Waals surface area contributed by atoms with Gasteiger partial charge < -0.3 is 10.1 Å². The molecule has 0 atom stereocenters. The van der Waals surface area contributed by atoms with Crippen molar-refractivity contribution in [3.8, 4) is 5.75 Å². The number of hydrogen-bond donors (Lipinski definition) is 1. The van der Waals surface area contributed by atoms with Gasteiger partial charge in [-0.25, -0.2) is 4.99 Å². The van der Waals surface area contributed by atoms with Gasteiger partial charge in [0.1, 0.15) is 12.4 Å². The van der Waals surface area contributed by atoms with Gasteiger partial charge in [-0.15, -0.1) is 10.2 Å². The number of aryl methyl sites for hydroxylation is 1. The van der Waals surface area contributed by atoms with Crippen LogP contribution in [0.1, 0.15) is 11.3 Å². The predicted octanol–water partition coefficient (Wildman–Crippen LogP) is 3.80. The van der Waals surface area contributed by atoms with E-state index in [1.165, 1.54) is 0 Å².